The van der Waals surface area contributed by atoms with Crippen LogP contribution in [0.1, 0.15) is 22.3 Å². The van der Waals surface area contributed by atoms with E-state index >= 15 is 0 Å². The summed E-state index contributed by atoms with van der Waals surface area (Å²) in [6.45, 7) is 1.78. The molecule has 0 saturated heterocycles. The summed E-state index contributed by atoms with van der Waals surface area (Å²) in [5.74, 6) is -3.54. The molecule has 0 aliphatic carbocycles. The van der Waals surface area contributed by atoms with Gasteiger partial charge < -0.3 is 4.74 Å². The molecule has 0 amide bonds. The van der Waals surface area contributed by atoms with Crippen molar-refractivity contribution in [3.63, 3.8) is 0 Å². The molecular weight excluding hydrogens is 358 g/mol. The van der Waals surface area contributed by atoms with E-state index in [1.54, 1.807) is 19.1 Å². The molecule has 140 valence electrons. The van der Waals surface area contributed by atoms with Crippen molar-refractivity contribution in [3.8, 4) is 0 Å². The highest BCUT2D eigenvalue weighted by atomic mass is 19.4. The number of halogens is 6. The summed E-state index contributed by atoms with van der Waals surface area (Å²) in [4.78, 5) is 0. The Bertz CT molecular complexity index is 793. The van der Waals surface area contributed by atoms with Crippen molar-refractivity contribution in [3.05, 3.63) is 70.5 Å². The van der Waals surface area contributed by atoms with Crippen LogP contribution >= 0.6 is 0 Å². The maximum absolute atomic E-state index is 14.3. The van der Waals surface area contributed by atoms with Crippen LogP contribution in [0.2, 0.25) is 0 Å². The van der Waals surface area contributed by atoms with E-state index in [1.165, 1.54) is 12.1 Å². The van der Waals surface area contributed by atoms with Crippen molar-refractivity contribution in [2.24, 2.45) is 0 Å². The van der Waals surface area contributed by atoms with Gasteiger partial charge in [0.05, 0.1) is 0 Å². The van der Waals surface area contributed by atoms with Crippen molar-refractivity contribution in [1.82, 2.24) is 0 Å². The van der Waals surface area contributed by atoms with E-state index in [0.717, 1.165) is 24.8 Å². The minimum atomic E-state index is -4.66. The largest absolute Gasteiger partial charge is 0.414 e. The molecule has 2 aromatic rings. The van der Waals surface area contributed by atoms with Crippen LogP contribution < -0.4 is 0 Å². The summed E-state index contributed by atoms with van der Waals surface area (Å²) in [6, 6.07) is 8.63. The van der Waals surface area contributed by atoms with Gasteiger partial charge in [-0.1, -0.05) is 42.0 Å². The van der Waals surface area contributed by atoms with Crippen LogP contribution in [0.15, 0.2) is 42.5 Å². The van der Waals surface area contributed by atoms with Gasteiger partial charge in [0.25, 0.3) is 0 Å². The van der Waals surface area contributed by atoms with Crippen molar-refractivity contribution in [1.29, 1.82) is 0 Å². The first-order chi connectivity index (χ1) is 12.1. The lowest BCUT2D eigenvalue weighted by atomic mass is 10.0. The molecule has 0 bridgehead atoms. The fourth-order valence-electron chi connectivity index (χ4n) is 2.34. The maximum Gasteiger partial charge on any atom is 0.414 e. The minimum absolute atomic E-state index is 0.0193. The van der Waals surface area contributed by atoms with Crippen molar-refractivity contribution >= 4 is 11.7 Å². The third-order valence-electron chi connectivity index (χ3n) is 3.86. The van der Waals surface area contributed by atoms with Gasteiger partial charge in [0.15, 0.2) is 17.8 Å². The second kappa shape index (κ2) is 7.95. The molecule has 2 aromatic carbocycles. The lowest BCUT2D eigenvalue weighted by Crippen LogP contribution is -2.32. The lowest BCUT2D eigenvalue weighted by molar-refractivity contribution is -0.212. The van der Waals surface area contributed by atoms with Crippen LogP contribution in [0, 0.1) is 12.7 Å². The van der Waals surface area contributed by atoms with Crippen molar-refractivity contribution in [2.75, 3.05) is 7.11 Å². The molecular formula is C19H16F6O. The lowest BCUT2D eigenvalue weighted by Gasteiger charge is -2.19. The second-order valence-corrected chi connectivity index (χ2v) is 5.77. The maximum atomic E-state index is 14.3. The summed E-state index contributed by atoms with van der Waals surface area (Å²) < 4.78 is 85.0. The summed E-state index contributed by atoms with van der Waals surface area (Å²) in [6.07, 6.45) is -7.62. The summed E-state index contributed by atoms with van der Waals surface area (Å²) in [5.41, 5.74) is 0.135. The van der Waals surface area contributed by atoms with Gasteiger partial charge in [-0.15, -0.1) is 0 Å². The van der Waals surface area contributed by atoms with Crippen LogP contribution in [0.4, 0.5) is 26.3 Å². The molecule has 7 heteroatoms. The Hall–Kier alpha value is -2.28. The Labute approximate surface area is 146 Å². The quantitative estimate of drug-likeness (QED) is 0.459. The van der Waals surface area contributed by atoms with Gasteiger partial charge in [-0.3, -0.25) is 0 Å². The van der Waals surface area contributed by atoms with Crippen LogP contribution in [0.25, 0.3) is 11.7 Å². The molecule has 0 fully saturated rings. The standard InChI is InChI=1S/C19H16F6O/c1-11-3-5-12(6-4-11)17(21)18(22)14-8-7-13(15(20)9-14)10-16(26-2)19(23,24)25/h3-9,16H,10H2,1-2H3/b18-17-. The molecule has 0 saturated carbocycles. The molecule has 0 N–H and O–H groups in total. The molecule has 1 atom stereocenters. The monoisotopic (exact) mass is 374 g/mol. The van der Waals surface area contributed by atoms with Gasteiger partial charge in [-0.2, -0.15) is 13.2 Å². The zero-order valence-corrected chi connectivity index (χ0v) is 14.0. The zero-order chi connectivity index (χ0) is 19.5. The molecule has 2 rings (SSSR count). The van der Waals surface area contributed by atoms with E-state index in [1.807, 2.05) is 0 Å². The number of hydrogen-bond acceptors (Lipinski definition) is 1. The van der Waals surface area contributed by atoms with Gasteiger partial charge in [0, 0.05) is 24.7 Å². The van der Waals surface area contributed by atoms with Gasteiger partial charge >= 0.3 is 6.18 Å². The normalized spacial score (nSPS) is 14.2. The van der Waals surface area contributed by atoms with E-state index in [9.17, 15) is 26.3 Å². The highest BCUT2D eigenvalue weighted by Crippen LogP contribution is 2.31. The summed E-state index contributed by atoms with van der Waals surface area (Å²) in [5, 5.41) is 0. The first-order valence-corrected chi connectivity index (χ1v) is 7.64. The Morgan fingerprint density at radius 2 is 1.50 bits per heavy atom. The van der Waals surface area contributed by atoms with Crippen molar-refractivity contribution < 1.29 is 31.1 Å². The molecule has 0 aromatic heterocycles. The average molecular weight is 374 g/mol. The van der Waals surface area contributed by atoms with E-state index in [2.05, 4.69) is 4.74 Å². The van der Waals surface area contributed by atoms with E-state index in [-0.39, 0.29) is 11.1 Å². The van der Waals surface area contributed by atoms with Crippen LogP contribution in [0.5, 0.6) is 0 Å². The number of hydrogen-bond donors (Lipinski definition) is 0. The van der Waals surface area contributed by atoms with Gasteiger partial charge in [-0.05, 0) is 18.6 Å². The summed E-state index contributed by atoms with van der Waals surface area (Å²) >= 11 is 0. The minimum Gasteiger partial charge on any atom is -0.372 e. The van der Waals surface area contributed by atoms with Gasteiger partial charge in [0.2, 0.25) is 0 Å². The molecule has 0 aliphatic heterocycles. The van der Waals surface area contributed by atoms with E-state index < -0.39 is 41.7 Å². The smallest absolute Gasteiger partial charge is 0.372 e. The molecule has 0 radical (unpaired) electrons. The average Bonchev–Trinajstić information content (AvgIpc) is 2.59. The number of rotatable bonds is 5. The van der Waals surface area contributed by atoms with E-state index in [4.69, 9.17) is 0 Å². The van der Waals surface area contributed by atoms with Gasteiger partial charge in [-0.25, -0.2) is 13.2 Å². The third-order valence-corrected chi connectivity index (χ3v) is 3.86. The SMILES string of the molecule is COC(Cc1ccc(/C(F)=C(/F)c2ccc(C)cc2)cc1F)C(F)(F)F. The fourth-order valence-corrected chi connectivity index (χ4v) is 2.34. The summed E-state index contributed by atoms with van der Waals surface area (Å²) in [7, 11) is 0.865. The first-order valence-electron chi connectivity index (χ1n) is 7.64. The Morgan fingerprint density at radius 3 is 2.00 bits per heavy atom. The van der Waals surface area contributed by atoms with E-state index in [0.29, 0.717) is 6.07 Å². The molecule has 0 spiro atoms. The molecule has 1 nitrogen and oxygen atoms in total. The molecule has 1 unspecified atom stereocenters. The zero-order valence-electron chi connectivity index (χ0n) is 14.0. The molecule has 0 heterocycles. The van der Waals surface area contributed by atoms with Crippen LogP contribution in [-0.4, -0.2) is 19.4 Å². The number of aryl methyl sites for hydroxylation is 1. The Kier molecular flexibility index (Phi) is 6.13. The number of benzene rings is 2. The highest BCUT2D eigenvalue weighted by molar-refractivity contribution is 5.83. The van der Waals surface area contributed by atoms with Crippen molar-refractivity contribution in [2.45, 2.75) is 25.6 Å². The van der Waals surface area contributed by atoms with Gasteiger partial charge in [0.1, 0.15) is 5.82 Å². The Morgan fingerprint density at radius 1 is 0.962 bits per heavy atom. The molecule has 0 aliphatic rings. The second-order valence-electron chi connectivity index (χ2n) is 5.77. The number of ether oxygens (including phenoxy) is 1. The molecule has 26 heavy (non-hydrogen) atoms. The Balaban J connectivity index is 2.31. The third kappa shape index (κ3) is 4.66. The first kappa shape index (κ1) is 20.0. The number of methoxy groups -OCH3 is 1. The number of alkyl halides is 3. The predicted octanol–water partition coefficient (Wildman–Crippen LogP) is 6.02. The van der Waals surface area contributed by atoms with Crippen LogP contribution in [0.3, 0.4) is 0 Å². The van der Waals surface area contributed by atoms with Crippen LogP contribution in [-0.2, 0) is 11.2 Å². The highest BCUT2D eigenvalue weighted by Gasteiger charge is 2.40. The predicted molar refractivity (Wildman–Crippen MR) is 87.2 cm³/mol. The topological polar surface area (TPSA) is 9.23 Å². The fraction of sp³-hybridized carbons (Fsp3) is 0.263.